The molecular formula is C13H10BrFN2O2S2. The van der Waals surface area contributed by atoms with E-state index >= 15 is 0 Å². The third kappa shape index (κ3) is 3.58. The van der Waals surface area contributed by atoms with Gasteiger partial charge in [-0.15, -0.1) is 0 Å². The second-order valence-corrected chi connectivity index (χ2v) is 7.07. The maximum absolute atomic E-state index is 13.7. The Morgan fingerprint density at radius 1 is 1.24 bits per heavy atom. The van der Waals surface area contributed by atoms with Crippen LogP contribution in [-0.4, -0.2) is 13.4 Å². The molecule has 0 saturated heterocycles. The second kappa shape index (κ2) is 6.08. The van der Waals surface area contributed by atoms with Crippen LogP contribution < -0.4 is 10.5 Å². The highest BCUT2D eigenvalue weighted by atomic mass is 79.9. The van der Waals surface area contributed by atoms with Crippen molar-refractivity contribution in [3.05, 3.63) is 58.3 Å². The van der Waals surface area contributed by atoms with Crippen molar-refractivity contribution in [1.29, 1.82) is 0 Å². The maximum atomic E-state index is 13.7. The van der Waals surface area contributed by atoms with Gasteiger partial charge in [0.15, 0.2) is 0 Å². The molecule has 2 aromatic rings. The average molecular weight is 389 g/mol. The van der Waals surface area contributed by atoms with Gasteiger partial charge in [-0.25, -0.2) is 12.8 Å². The smallest absolute Gasteiger partial charge is 0.262 e. The summed E-state index contributed by atoms with van der Waals surface area (Å²) in [4.78, 5) is 0.0297. The number of rotatable bonds is 4. The first-order chi connectivity index (χ1) is 9.81. The van der Waals surface area contributed by atoms with Crippen molar-refractivity contribution in [2.45, 2.75) is 4.90 Å². The molecule has 0 aliphatic heterocycles. The zero-order valence-electron chi connectivity index (χ0n) is 10.5. The van der Waals surface area contributed by atoms with Crippen LogP contribution in [0.5, 0.6) is 0 Å². The molecule has 3 N–H and O–H groups in total. The van der Waals surface area contributed by atoms with Gasteiger partial charge in [-0.2, -0.15) is 0 Å². The highest BCUT2D eigenvalue weighted by molar-refractivity contribution is 9.10. The van der Waals surface area contributed by atoms with Crippen molar-refractivity contribution in [2.24, 2.45) is 5.73 Å². The minimum Gasteiger partial charge on any atom is -0.389 e. The number of para-hydroxylation sites is 1. The quantitative estimate of drug-likeness (QED) is 0.789. The van der Waals surface area contributed by atoms with Crippen LogP contribution in [0.1, 0.15) is 5.56 Å². The molecule has 0 heterocycles. The number of nitrogens with one attached hydrogen (secondary N) is 1. The normalized spacial score (nSPS) is 11.1. The van der Waals surface area contributed by atoms with E-state index in [-0.39, 0.29) is 15.6 Å². The monoisotopic (exact) mass is 388 g/mol. The molecule has 0 bridgehead atoms. The lowest BCUT2D eigenvalue weighted by molar-refractivity contribution is 0.598. The highest BCUT2D eigenvalue weighted by Crippen LogP contribution is 2.27. The van der Waals surface area contributed by atoms with Crippen LogP contribution in [0.2, 0.25) is 0 Å². The molecule has 2 rings (SSSR count). The summed E-state index contributed by atoms with van der Waals surface area (Å²) < 4.78 is 40.8. The molecule has 0 amide bonds. The van der Waals surface area contributed by atoms with E-state index < -0.39 is 15.8 Å². The van der Waals surface area contributed by atoms with Gasteiger partial charge in [-0.1, -0.05) is 30.4 Å². The maximum Gasteiger partial charge on any atom is 0.262 e. The highest BCUT2D eigenvalue weighted by Gasteiger charge is 2.18. The lowest BCUT2D eigenvalue weighted by Gasteiger charge is -2.11. The number of anilines is 1. The van der Waals surface area contributed by atoms with Gasteiger partial charge in [0.25, 0.3) is 10.0 Å². The number of hydrogen-bond donors (Lipinski definition) is 2. The van der Waals surface area contributed by atoms with Crippen molar-refractivity contribution in [3.8, 4) is 0 Å². The van der Waals surface area contributed by atoms with Gasteiger partial charge in [-0.05, 0) is 40.2 Å². The minimum absolute atomic E-state index is 0.0528. The van der Waals surface area contributed by atoms with Crippen LogP contribution in [0.15, 0.2) is 51.8 Å². The average Bonchev–Trinajstić information content (AvgIpc) is 2.43. The summed E-state index contributed by atoms with van der Waals surface area (Å²) in [7, 11) is -3.95. The zero-order chi connectivity index (χ0) is 15.6. The molecule has 0 aliphatic carbocycles. The number of sulfonamides is 1. The van der Waals surface area contributed by atoms with Crippen LogP contribution in [0.3, 0.4) is 0 Å². The first kappa shape index (κ1) is 15.9. The fourth-order valence-corrected chi connectivity index (χ4v) is 3.44. The predicted molar refractivity (Wildman–Crippen MR) is 87.2 cm³/mol. The van der Waals surface area contributed by atoms with Gasteiger partial charge < -0.3 is 5.73 Å². The topological polar surface area (TPSA) is 72.2 Å². The van der Waals surface area contributed by atoms with E-state index in [2.05, 4.69) is 20.7 Å². The van der Waals surface area contributed by atoms with Gasteiger partial charge >= 0.3 is 0 Å². The van der Waals surface area contributed by atoms with E-state index in [9.17, 15) is 12.8 Å². The lowest BCUT2D eigenvalue weighted by atomic mass is 10.2. The van der Waals surface area contributed by atoms with Gasteiger partial charge in [0, 0.05) is 10.0 Å². The Hall–Kier alpha value is -1.51. The Morgan fingerprint density at radius 2 is 1.90 bits per heavy atom. The number of hydrogen-bond acceptors (Lipinski definition) is 3. The number of thiocarbonyl (C=S) groups is 1. The van der Waals surface area contributed by atoms with E-state index in [1.807, 2.05) is 0 Å². The van der Waals surface area contributed by atoms with Gasteiger partial charge in [-0.3, -0.25) is 4.72 Å². The number of nitrogens with two attached hydrogens (primary N) is 1. The van der Waals surface area contributed by atoms with Gasteiger partial charge in [0.1, 0.15) is 10.8 Å². The number of halogens is 2. The third-order valence-electron chi connectivity index (χ3n) is 2.63. The molecule has 2 aromatic carbocycles. The summed E-state index contributed by atoms with van der Waals surface area (Å²) in [5.41, 5.74) is 5.74. The number of benzene rings is 2. The van der Waals surface area contributed by atoms with E-state index in [0.717, 1.165) is 6.07 Å². The fourth-order valence-electron chi connectivity index (χ4n) is 1.61. The molecule has 4 nitrogen and oxygen atoms in total. The Labute approximate surface area is 135 Å². The Morgan fingerprint density at radius 3 is 2.52 bits per heavy atom. The molecule has 0 unspecified atom stereocenters. The largest absolute Gasteiger partial charge is 0.389 e. The molecular weight excluding hydrogens is 379 g/mol. The molecule has 110 valence electrons. The molecule has 0 radical (unpaired) electrons. The molecule has 0 atom stereocenters. The van der Waals surface area contributed by atoms with Gasteiger partial charge in [0.05, 0.1) is 10.6 Å². The van der Waals surface area contributed by atoms with Crippen LogP contribution in [-0.2, 0) is 10.0 Å². The van der Waals surface area contributed by atoms with Crippen LogP contribution in [0.4, 0.5) is 10.1 Å². The summed E-state index contributed by atoms with van der Waals surface area (Å²) in [6.07, 6.45) is 0. The second-order valence-electron chi connectivity index (χ2n) is 4.09. The van der Waals surface area contributed by atoms with E-state index in [1.165, 1.54) is 30.3 Å². The van der Waals surface area contributed by atoms with Crippen LogP contribution in [0.25, 0.3) is 0 Å². The fraction of sp³-hybridized carbons (Fsp3) is 0. The van der Waals surface area contributed by atoms with Crippen molar-refractivity contribution in [2.75, 3.05) is 4.72 Å². The van der Waals surface area contributed by atoms with Crippen LogP contribution >= 0.6 is 28.1 Å². The van der Waals surface area contributed by atoms with E-state index in [0.29, 0.717) is 10.0 Å². The zero-order valence-corrected chi connectivity index (χ0v) is 13.7. The Balaban J connectivity index is 2.44. The molecule has 0 saturated carbocycles. The van der Waals surface area contributed by atoms with Crippen molar-refractivity contribution >= 4 is 48.8 Å². The van der Waals surface area contributed by atoms with Crippen molar-refractivity contribution < 1.29 is 12.8 Å². The molecule has 8 heteroatoms. The Kier molecular flexibility index (Phi) is 4.60. The molecule has 0 spiro atoms. The van der Waals surface area contributed by atoms with Crippen LogP contribution in [0, 0.1) is 5.82 Å². The Bertz CT molecular complexity index is 789. The summed E-state index contributed by atoms with van der Waals surface area (Å²) >= 11 is 7.91. The summed E-state index contributed by atoms with van der Waals surface area (Å²) in [6.45, 7) is 0. The van der Waals surface area contributed by atoms with Gasteiger partial charge in [0.2, 0.25) is 0 Å². The van der Waals surface area contributed by atoms with E-state index in [1.54, 1.807) is 6.07 Å². The molecule has 21 heavy (non-hydrogen) atoms. The standard InChI is InChI=1S/C13H10BrFN2O2S2/c14-10-5-2-6-11(15)12(10)17-21(18,19)9-4-1-3-8(7-9)13(16)20/h1-7,17H,(H2,16,20). The summed E-state index contributed by atoms with van der Waals surface area (Å²) in [5, 5.41) is 0. The summed E-state index contributed by atoms with van der Waals surface area (Å²) in [6, 6.07) is 9.98. The van der Waals surface area contributed by atoms with Crippen molar-refractivity contribution in [3.63, 3.8) is 0 Å². The molecule has 0 aromatic heterocycles. The lowest BCUT2D eigenvalue weighted by Crippen LogP contribution is -2.16. The molecule has 0 aliphatic rings. The molecule has 0 fully saturated rings. The minimum atomic E-state index is -3.95. The first-order valence-electron chi connectivity index (χ1n) is 5.68. The predicted octanol–water partition coefficient (Wildman–Crippen LogP) is 3.02. The summed E-state index contributed by atoms with van der Waals surface area (Å²) in [5.74, 6) is -0.682. The third-order valence-corrected chi connectivity index (χ3v) is 4.87. The SMILES string of the molecule is NC(=S)c1cccc(S(=O)(=O)Nc2c(F)cccc2Br)c1. The first-order valence-corrected chi connectivity index (χ1v) is 8.36. The van der Waals surface area contributed by atoms with E-state index in [4.69, 9.17) is 18.0 Å². The van der Waals surface area contributed by atoms with Crippen molar-refractivity contribution in [1.82, 2.24) is 0 Å².